The van der Waals surface area contributed by atoms with E-state index < -0.39 is 10.1 Å². The van der Waals surface area contributed by atoms with Gasteiger partial charge in [-0.1, -0.05) is 84.0 Å². The molecule has 5 heteroatoms. The van der Waals surface area contributed by atoms with Crippen LogP contribution in [0.5, 0.6) is 0 Å². The average Bonchev–Trinajstić information content (AvgIpc) is 2.53. The summed E-state index contributed by atoms with van der Waals surface area (Å²) in [5.41, 5.74) is 0. The van der Waals surface area contributed by atoms with Crippen molar-refractivity contribution in [1.82, 2.24) is 0 Å². The van der Waals surface area contributed by atoms with E-state index in [2.05, 4.69) is 27.9 Å². The van der Waals surface area contributed by atoms with Crippen LogP contribution in [0.4, 0.5) is 0 Å². The molecule has 0 aliphatic heterocycles. The van der Waals surface area contributed by atoms with Gasteiger partial charge in [0, 0.05) is 0 Å². The first-order valence-electron chi connectivity index (χ1n) is 10.9. The van der Waals surface area contributed by atoms with Crippen molar-refractivity contribution in [3.63, 3.8) is 0 Å². The van der Waals surface area contributed by atoms with Crippen molar-refractivity contribution in [3.05, 3.63) is 0 Å². The predicted octanol–water partition coefficient (Wildman–Crippen LogP) is 6.07. The van der Waals surface area contributed by atoms with Crippen molar-refractivity contribution in [2.24, 2.45) is 0 Å². The van der Waals surface area contributed by atoms with Crippen LogP contribution in [0.15, 0.2) is 0 Å². The molecule has 0 saturated carbocycles. The Balaban J connectivity index is 0. The minimum Gasteiger partial charge on any atom is -0.329 e. The zero-order chi connectivity index (χ0) is 20.3. The molecule has 0 rings (SSSR count). The second-order valence-electron chi connectivity index (χ2n) is 8.30. The van der Waals surface area contributed by atoms with Crippen LogP contribution < -0.4 is 0 Å². The fourth-order valence-electron chi connectivity index (χ4n) is 2.89. The Kier molecular flexibility index (Phi) is 19.7. The van der Waals surface area contributed by atoms with E-state index in [0.29, 0.717) is 6.26 Å². The molecule has 4 nitrogen and oxygen atoms in total. The highest BCUT2D eigenvalue weighted by Crippen LogP contribution is 2.13. The average molecular weight is 395 g/mol. The van der Waals surface area contributed by atoms with Gasteiger partial charge in [-0.15, -0.1) is 0 Å². The molecule has 0 aliphatic rings. The third-order valence-corrected chi connectivity index (χ3v) is 4.97. The molecule has 0 aromatic carbocycles. The number of nitrogens with zero attached hydrogens (tertiary/aromatic N) is 1. The van der Waals surface area contributed by atoms with Crippen LogP contribution in [-0.2, 0) is 10.1 Å². The van der Waals surface area contributed by atoms with E-state index in [-0.39, 0.29) is 0 Å². The molecule has 0 spiro atoms. The lowest BCUT2D eigenvalue weighted by atomic mass is 10.0. The Morgan fingerprint density at radius 3 is 1.19 bits per heavy atom. The third kappa shape index (κ3) is 31.6. The predicted molar refractivity (Wildman–Crippen MR) is 115 cm³/mol. The highest BCUT2D eigenvalue weighted by atomic mass is 32.2. The summed E-state index contributed by atoms with van der Waals surface area (Å²) in [5, 5.41) is 0. The highest BCUT2D eigenvalue weighted by Gasteiger charge is 2.09. The number of hydrogen-bond donors (Lipinski definition) is 1. The largest absolute Gasteiger partial charge is 0.329 e. The Bertz CT molecular complexity index is 373. The standard InChI is InChI=1S/C20H44N.CH4O3S/c1-5-7-8-9-10-11-12-13-14-15-16-17-18-19-20-21(3,4)6-2;1-5(2,3)4/h5-20H2,1-4H3;1H3,(H,2,3,4)/q+1;. The summed E-state index contributed by atoms with van der Waals surface area (Å²) in [5.74, 6) is 0. The van der Waals surface area contributed by atoms with Crippen LogP contribution in [0.3, 0.4) is 0 Å². The summed E-state index contributed by atoms with van der Waals surface area (Å²) >= 11 is 0. The molecule has 0 heterocycles. The van der Waals surface area contributed by atoms with E-state index in [0.717, 1.165) is 0 Å². The van der Waals surface area contributed by atoms with Crippen molar-refractivity contribution in [2.75, 3.05) is 33.4 Å². The third-order valence-electron chi connectivity index (χ3n) is 4.97. The van der Waals surface area contributed by atoms with Gasteiger partial charge < -0.3 is 4.48 Å². The summed E-state index contributed by atoms with van der Waals surface area (Å²) < 4.78 is 27.1. The van der Waals surface area contributed by atoms with E-state index >= 15 is 0 Å². The second-order valence-corrected chi connectivity index (χ2v) is 9.77. The van der Waals surface area contributed by atoms with E-state index in [1.807, 2.05) is 0 Å². The molecule has 26 heavy (non-hydrogen) atoms. The first-order chi connectivity index (χ1) is 12.1. The molecular weight excluding hydrogens is 346 g/mol. The molecule has 1 N–H and O–H groups in total. The lowest BCUT2D eigenvalue weighted by Crippen LogP contribution is -2.39. The summed E-state index contributed by atoms with van der Waals surface area (Å²) in [6, 6.07) is 0. The summed E-state index contributed by atoms with van der Waals surface area (Å²) in [7, 11) is 1.03. The van der Waals surface area contributed by atoms with Crippen LogP contribution in [0.2, 0.25) is 0 Å². The maximum atomic E-state index is 9.19. The quantitative estimate of drug-likeness (QED) is 0.196. The van der Waals surface area contributed by atoms with Crippen LogP contribution in [0.25, 0.3) is 0 Å². The minimum absolute atomic E-state index is 0.715. The van der Waals surface area contributed by atoms with Gasteiger partial charge in [0.2, 0.25) is 0 Å². The Labute approximate surface area is 165 Å². The SMILES string of the molecule is CCCCCCCCCCCCCCCC[N+](C)(C)CC.CS(=O)(=O)O. The molecule has 0 amide bonds. The normalized spacial score (nSPS) is 11.9. The van der Waals surface area contributed by atoms with Crippen LogP contribution in [-0.4, -0.2) is 50.9 Å². The Hall–Kier alpha value is -0.130. The van der Waals surface area contributed by atoms with E-state index in [4.69, 9.17) is 4.55 Å². The van der Waals surface area contributed by atoms with Gasteiger partial charge in [-0.3, -0.25) is 4.55 Å². The molecule has 0 aromatic rings. The van der Waals surface area contributed by atoms with Crippen LogP contribution in [0, 0.1) is 0 Å². The van der Waals surface area contributed by atoms with Crippen molar-refractivity contribution in [1.29, 1.82) is 0 Å². The van der Waals surface area contributed by atoms with Crippen molar-refractivity contribution < 1.29 is 17.5 Å². The van der Waals surface area contributed by atoms with Gasteiger partial charge in [-0.05, 0) is 19.8 Å². The maximum absolute atomic E-state index is 9.19. The van der Waals surface area contributed by atoms with E-state index in [9.17, 15) is 8.42 Å². The number of rotatable bonds is 16. The van der Waals surface area contributed by atoms with Crippen LogP contribution in [0.1, 0.15) is 104 Å². The van der Waals surface area contributed by atoms with Crippen molar-refractivity contribution >= 4 is 10.1 Å². The number of hydrogen-bond acceptors (Lipinski definition) is 2. The van der Waals surface area contributed by atoms with Crippen molar-refractivity contribution in [2.45, 2.75) is 104 Å². The summed E-state index contributed by atoms with van der Waals surface area (Å²) in [4.78, 5) is 0. The van der Waals surface area contributed by atoms with Gasteiger partial charge in [-0.25, -0.2) is 0 Å². The van der Waals surface area contributed by atoms with Gasteiger partial charge in [0.1, 0.15) is 0 Å². The molecule has 0 aromatic heterocycles. The maximum Gasteiger partial charge on any atom is 0.261 e. The monoisotopic (exact) mass is 394 g/mol. The summed E-state index contributed by atoms with van der Waals surface area (Å²) in [6.07, 6.45) is 21.1. The molecule has 0 aliphatic carbocycles. The van der Waals surface area contributed by atoms with Crippen LogP contribution >= 0.6 is 0 Å². The fourth-order valence-corrected chi connectivity index (χ4v) is 2.89. The van der Waals surface area contributed by atoms with E-state index in [1.54, 1.807) is 0 Å². The van der Waals surface area contributed by atoms with Gasteiger partial charge in [0.05, 0.1) is 33.4 Å². The molecule has 0 radical (unpaired) electrons. The molecule has 0 bridgehead atoms. The van der Waals surface area contributed by atoms with Gasteiger partial charge in [-0.2, -0.15) is 8.42 Å². The lowest BCUT2D eigenvalue weighted by Gasteiger charge is -2.28. The Morgan fingerprint density at radius 1 is 0.654 bits per heavy atom. The minimum atomic E-state index is -3.67. The van der Waals surface area contributed by atoms with E-state index in [1.165, 1.54) is 107 Å². The van der Waals surface area contributed by atoms with Gasteiger partial charge >= 0.3 is 0 Å². The zero-order valence-electron chi connectivity index (χ0n) is 18.4. The fraction of sp³-hybridized carbons (Fsp3) is 1.00. The molecule has 0 fully saturated rings. The molecule has 160 valence electrons. The molecular formula is C21H48NO3S+. The molecule has 0 saturated heterocycles. The molecule has 0 unspecified atom stereocenters. The first-order valence-corrected chi connectivity index (χ1v) is 12.7. The molecule has 0 atom stereocenters. The van der Waals surface area contributed by atoms with Gasteiger partial charge in [0.15, 0.2) is 0 Å². The van der Waals surface area contributed by atoms with Gasteiger partial charge in [0.25, 0.3) is 10.1 Å². The summed E-state index contributed by atoms with van der Waals surface area (Å²) in [6.45, 7) is 7.21. The smallest absolute Gasteiger partial charge is 0.261 e. The highest BCUT2D eigenvalue weighted by molar-refractivity contribution is 7.85. The Morgan fingerprint density at radius 2 is 0.923 bits per heavy atom. The number of quaternary nitrogens is 1. The zero-order valence-corrected chi connectivity index (χ0v) is 19.2. The van der Waals surface area contributed by atoms with Crippen molar-refractivity contribution in [3.8, 4) is 0 Å². The lowest BCUT2D eigenvalue weighted by molar-refractivity contribution is -0.888. The topological polar surface area (TPSA) is 54.4 Å². The second kappa shape index (κ2) is 18.2. The first kappa shape index (κ1) is 28.1. The number of unbranched alkanes of at least 4 members (excludes halogenated alkanes) is 13.